The molecule has 1 aliphatic rings. The van der Waals surface area contributed by atoms with Crippen LogP contribution in [0.4, 0.5) is 19.4 Å². The number of halogens is 2. The third-order valence-corrected chi connectivity index (χ3v) is 4.96. The molecule has 35 heavy (non-hydrogen) atoms. The summed E-state index contributed by atoms with van der Waals surface area (Å²) in [7, 11) is 0. The van der Waals surface area contributed by atoms with Gasteiger partial charge in [0.05, 0.1) is 19.2 Å². The highest BCUT2D eigenvalue weighted by Gasteiger charge is 2.59. The summed E-state index contributed by atoms with van der Waals surface area (Å²) in [5.41, 5.74) is 5.55. The van der Waals surface area contributed by atoms with Gasteiger partial charge in [0.25, 0.3) is 0 Å². The molecule has 0 spiro atoms. The van der Waals surface area contributed by atoms with Gasteiger partial charge in [0.15, 0.2) is 6.10 Å². The third kappa shape index (κ3) is 7.39. The second kappa shape index (κ2) is 12.5. The van der Waals surface area contributed by atoms with Crippen molar-refractivity contribution in [2.45, 2.75) is 50.7 Å². The SMILES string of the molecule is C/C=C\C=C(/C)C[C@H](N)C(=O)NCCOC(=O)Nc1ccn([C@@H]2OC(CO)[C@@H](O)C2(F)F)c(=O)n1. The summed E-state index contributed by atoms with van der Waals surface area (Å²) >= 11 is 0. The van der Waals surface area contributed by atoms with E-state index < -0.39 is 54.7 Å². The van der Waals surface area contributed by atoms with Gasteiger partial charge in [0, 0.05) is 6.20 Å². The van der Waals surface area contributed by atoms with Crippen molar-refractivity contribution in [2.24, 2.45) is 5.73 Å². The van der Waals surface area contributed by atoms with Crippen molar-refractivity contribution in [3.63, 3.8) is 0 Å². The number of nitrogens with one attached hydrogen (secondary N) is 2. The summed E-state index contributed by atoms with van der Waals surface area (Å²) in [4.78, 5) is 39.5. The molecular formula is C21H29F2N5O7. The first-order valence-corrected chi connectivity index (χ1v) is 10.7. The molecule has 4 atom stereocenters. The molecule has 0 bridgehead atoms. The summed E-state index contributed by atoms with van der Waals surface area (Å²) < 4.78 is 38.6. The van der Waals surface area contributed by atoms with Gasteiger partial charge in [-0.2, -0.15) is 13.8 Å². The normalized spacial score (nSPS) is 22.7. The van der Waals surface area contributed by atoms with E-state index in [1.54, 1.807) is 0 Å². The molecule has 6 N–H and O–H groups in total. The van der Waals surface area contributed by atoms with E-state index in [2.05, 4.69) is 15.6 Å². The van der Waals surface area contributed by atoms with E-state index in [9.17, 15) is 28.3 Å². The molecule has 1 saturated heterocycles. The van der Waals surface area contributed by atoms with Crippen LogP contribution in [-0.2, 0) is 14.3 Å². The molecule has 1 fully saturated rings. The summed E-state index contributed by atoms with van der Waals surface area (Å²) in [5.74, 6) is -4.57. The molecule has 1 aromatic heterocycles. The minimum absolute atomic E-state index is 0.0188. The summed E-state index contributed by atoms with van der Waals surface area (Å²) in [6.07, 6.45) is -0.318. The highest BCUT2D eigenvalue weighted by Crippen LogP contribution is 2.41. The van der Waals surface area contributed by atoms with Gasteiger partial charge in [-0.15, -0.1) is 0 Å². The number of amides is 2. The quantitative estimate of drug-likeness (QED) is 0.219. The Balaban J connectivity index is 1.83. The number of nitrogens with two attached hydrogens (primary N) is 1. The number of anilines is 1. The van der Waals surface area contributed by atoms with Crippen LogP contribution in [0.3, 0.4) is 0 Å². The Morgan fingerprint density at radius 1 is 1.46 bits per heavy atom. The molecule has 194 valence electrons. The van der Waals surface area contributed by atoms with Gasteiger partial charge >= 0.3 is 17.7 Å². The van der Waals surface area contributed by atoms with Crippen molar-refractivity contribution in [1.29, 1.82) is 0 Å². The summed E-state index contributed by atoms with van der Waals surface area (Å²) in [6, 6.07) is 0.275. The number of allylic oxidation sites excluding steroid dienone is 3. The summed E-state index contributed by atoms with van der Waals surface area (Å²) in [6.45, 7) is 2.60. The van der Waals surface area contributed by atoms with Crippen LogP contribution in [0.2, 0.25) is 0 Å². The van der Waals surface area contributed by atoms with Crippen molar-refractivity contribution in [1.82, 2.24) is 14.9 Å². The maximum Gasteiger partial charge on any atom is 0.412 e. The number of hydrogen-bond donors (Lipinski definition) is 5. The lowest BCUT2D eigenvalue weighted by atomic mass is 10.1. The van der Waals surface area contributed by atoms with E-state index in [4.69, 9.17) is 20.3 Å². The highest BCUT2D eigenvalue weighted by molar-refractivity contribution is 5.83. The zero-order chi connectivity index (χ0) is 26.2. The lowest BCUT2D eigenvalue weighted by Gasteiger charge is -2.21. The number of aliphatic hydroxyl groups excluding tert-OH is 2. The molecule has 1 aliphatic heterocycles. The molecule has 2 heterocycles. The molecular weight excluding hydrogens is 472 g/mol. The molecule has 0 saturated carbocycles. The predicted octanol–water partition coefficient (Wildman–Crippen LogP) is 0.0337. The molecule has 0 aromatic carbocycles. The van der Waals surface area contributed by atoms with Crippen LogP contribution in [0, 0.1) is 0 Å². The van der Waals surface area contributed by atoms with Crippen LogP contribution in [0.15, 0.2) is 40.9 Å². The number of aliphatic hydroxyl groups is 2. The van der Waals surface area contributed by atoms with Crippen LogP contribution in [0.5, 0.6) is 0 Å². The van der Waals surface area contributed by atoms with E-state index in [1.807, 2.05) is 32.1 Å². The fourth-order valence-electron chi connectivity index (χ4n) is 3.14. The van der Waals surface area contributed by atoms with E-state index in [0.29, 0.717) is 11.0 Å². The Kier molecular flexibility index (Phi) is 10.0. The number of rotatable bonds is 10. The predicted molar refractivity (Wildman–Crippen MR) is 120 cm³/mol. The van der Waals surface area contributed by atoms with E-state index in [0.717, 1.165) is 17.8 Å². The molecule has 2 amide bonds. The summed E-state index contributed by atoms with van der Waals surface area (Å²) in [5, 5.41) is 23.3. The Morgan fingerprint density at radius 2 is 2.17 bits per heavy atom. The van der Waals surface area contributed by atoms with Crippen LogP contribution in [-0.4, -0.2) is 75.7 Å². The first-order valence-electron chi connectivity index (χ1n) is 10.7. The zero-order valence-corrected chi connectivity index (χ0v) is 19.2. The minimum Gasteiger partial charge on any atom is -0.447 e. The first kappa shape index (κ1) is 28.0. The van der Waals surface area contributed by atoms with E-state index >= 15 is 0 Å². The monoisotopic (exact) mass is 501 g/mol. The second-order valence-electron chi connectivity index (χ2n) is 7.73. The van der Waals surface area contributed by atoms with Crippen molar-refractivity contribution in [2.75, 3.05) is 25.1 Å². The Bertz CT molecular complexity index is 1010. The van der Waals surface area contributed by atoms with Gasteiger partial charge < -0.3 is 30.7 Å². The van der Waals surface area contributed by atoms with Gasteiger partial charge in [-0.05, 0) is 26.3 Å². The molecule has 1 aromatic rings. The smallest absolute Gasteiger partial charge is 0.412 e. The van der Waals surface area contributed by atoms with Gasteiger partial charge in [-0.3, -0.25) is 14.7 Å². The van der Waals surface area contributed by atoms with Crippen molar-refractivity contribution < 1.29 is 38.1 Å². The molecule has 14 heteroatoms. The van der Waals surface area contributed by atoms with Crippen LogP contribution < -0.4 is 22.1 Å². The van der Waals surface area contributed by atoms with Gasteiger partial charge in [-0.25, -0.2) is 9.59 Å². The first-order chi connectivity index (χ1) is 16.5. The van der Waals surface area contributed by atoms with Crippen molar-refractivity contribution >= 4 is 17.8 Å². The second-order valence-corrected chi connectivity index (χ2v) is 7.73. The third-order valence-electron chi connectivity index (χ3n) is 4.96. The average molecular weight is 501 g/mol. The molecule has 0 aliphatic carbocycles. The maximum absolute atomic E-state index is 14.2. The van der Waals surface area contributed by atoms with Crippen molar-refractivity contribution in [3.05, 3.63) is 46.5 Å². The van der Waals surface area contributed by atoms with Gasteiger partial charge in [0.1, 0.15) is 18.5 Å². The standard InChI is InChI=1S/C21H29F2N5O7/c1-3-4-5-12(2)10-13(24)17(31)25-7-9-34-20(33)27-15-6-8-28(19(32)26-15)18-21(22,23)16(30)14(11-29)35-18/h3-6,8,13-14,16,18,29-30H,7,9-11,24H2,1-2H3,(H,25,31)(H,26,27,32,33)/b4-3-,12-5+/t13-,14?,16+,18+/m0/s1. The number of carbonyl (C=O) groups is 2. The topological polar surface area (TPSA) is 178 Å². The van der Waals surface area contributed by atoms with Crippen LogP contribution in [0.1, 0.15) is 26.5 Å². The largest absolute Gasteiger partial charge is 0.447 e. The van der Waals surface area contributed by atoms with Crippen LogP contribution in [0.25, 0.3) is 0 Å². The van der Waals surface area contributed by atoms with E-state index in [1.165, 1.54) is 0 Å². The minimum atomic E-state index is -3.86. The number of nitrogens with zero attached hydrogens (tertiary/aromatic N) is 2. The zero-order valence-electron chi connectivity index (χ0n) is 19.2. The Hall–Kier alpha value is -3.20. The number of alkyl halides is 2. The average Bonchev–Trinajstić information content (AvgIpc) is 3.03. The lowest BCUT2D eigenvalue weighted by Crippen LogP contribution is -2.42. The lowest BCUT2D eigenvalue weighted by molar-refractivity contribution is -0.140. The maximum atomic E-state index is 14.2. The number of aromatic nitrogens is 2. The highest BCUT2D eigenvalue weighted by atomic mass is 19.3. The Labute approximate surface area is 199 Å². The van der Waals surface area contributed by atoms with Gasteiger partial charge in [0.2, 0.25) is 12.1 Å². The van der Waals surface area contributed by atoms with Crippen molar-refractivity contribution in [3.8, 4) is 0 Å². The molecule has 2 rings (SSSR count). The van der Waals surface area contributed by atoms with E-state index in [-0.39, 0.29) is 19.0 Å². The Morgan fingerprint density at radius 3 is 2.77 bits per heavy atom. The number of ether oxygens (including phenoxy) is 2. The van der Waals surface area contributed by atoms with Crippen LogP contribution >= 0.6 is 0 Å². The molecule has 12 nitrogen and oxygen atoms in total. The molecule has 0 radical (unpaired) electrons. The van der Waals surface area contributed by atoms with Gasteiger partial charge in [-0.1, -0.05) is 23.8 Å². The fourth-order valence-corrected chi connectivity index (χ4v) is 3.14. The fraction of sp³-hybridized carbons (Fsp3) is 0.524. The molecule has 1 unspecified atom stereocenters. The number of hydrogen-bond acceptors (Lipinski definition) is 9. The number of carbonyl (C=O) groups excluding carboxylic acids is 2.